The minimum Gasteiger partial charge on any atom is -0.344 e. The van der Waals surface area contributed by atoms with Crippen molar-refractivity contribution in [2.75, 3.05) is 0 Å². The van der Waals surface area contributed by atoms with Gasteiger partial charge in [-0.2, -0.15) is 0 Å². The van der Waals surface area contributed by atoms with Crippen molar-refractivity contribution in [2.45, 2.75) is 32.1 Å². The lowest BCUT2D eigenvalue weighted by atomic mass is 9.95. The average molecular weight is 163 g/mol. The van der Waals surface area contributed by atoms with Crippen LogP contribution in [0, 0.1) is 0 Å². The Morgan fingerprint density at radius 1 is 1.00 bits per heavy atom. The lowest BCUT2D eigenvalue weighted by Gasteiger charge is -2.08. The van der Waals surface area contributed by atoms with Gasteiger partial charge in [-0.15, -0.1) is 0 Å². The van der Waals surface area contributed by atoms with Crippen molar-refractivity contribution in [1.29, 1.82) is 0 Å². The van der Waals surface area contributed by atoms with Gasteiger partial charge in [-0.1, -0.05) is 38.1 Å². The second-order valence-electron chi connectivity index (χ2n) is 3.33. The fourth-order valence-corrected chi connectivity index (χ4v) is 2.22. The molecule has 2 rings (SSSR count). The Labute approximate surface area is 74.4 Å². The lowest BCUT2D eigenvalue weighted by Crippen LogP contribution is -2.02. The molecule has 0 aromatic heterocycles. The van der Waals surface area contributed by atoms with Crippen LogP contribution in [0.2, 0.25) is 0 Å². The van der Waals surface area contributed by atoms with E-state index in [0.717, 1.165) is 0 Å². The van der Waals surface area contributed by atoms with Crippen LogP contribution in [0.15, 0.2) is 24.3 Å². The van der Waals surface area contributed by atoms with Gasteiger partial charge in [-0.05, 0) is 24.0 Å². The van der Waals surface area contributed by atoms with E-state index < -0.39 is 0 Å². The van der Waals surface area contributed by atoms with E-state index in [1.165, 1.54) is 12.8 Å². The van der Waals surface area contributed by atoms with Gasteiger partial charge in [0, 0.05) is 5.41 Å². The standard InChI is InChI=1S/C11H14.H3N/c1-3-11(4-2)9-7-5-6-8-10(9)11;/h5-8H,3-4H2,1-2H3;1H3. The van der Waals surface area contributed by atoms with Gasteiger partial charge in [-0.25, -0.2) is 0 Å². The maximum atomic E-state index is 2.28. The summed E-state index contributed by atoms with van der Waals surface area (Å²) in [6.07, 6.45) is 2.53. The molecule has 0 heterocycles. The molecule has 3 N–H and O–H groups in total. The molecular weight excluding hydrogens is 146 g/mol. The highest BCUT2D eigenvalue weighted by Crippen LogP contribution is 2.54. The van der Waals surface area contributed by atoms with Gasteiger partial charge in [0.2, 0.25) is 0 Å². The average Bonchev–Trinajstić information content (AvgIpc) is 2.74. The van der Waals surface area contributed by atoms with Gasteiger partial charge in [-0.3, -0.25) is 0 Å². The molecule has 1 aromatic carbocycles. The zero-order valence-electron chi connectivity index (χ0n) is 7.93. The summed E-state index contributed by atoms with van der Waals surface area (Å²) in [7, 11) is 0. The Bertz CT molecular complexity index is 249. The van der Waals surface area contributed by atoms with E-state index in [-0.39, 0.29) is 6.15 Å². The van der Waals surface area contributed by atoms with E-state index in [1.54, 1.807) is 11.1 Å². The third-order valence-electron chi connectivity index (χ3n) is 3.10. The monoisotopic (exact) mass is 163 g/mol. The van der Waals surface area contributed by atoms with Crippen LogP contribution in [0.4, 0.5) is 0 Å². The van der Waals surface area contributed by atoms with Gasteiger partial charge < -0.3 is 6.15 Å². The van der Waals surface area contributed by atoms with E-state index in [0.29, 0.717) is 5.41 Å². The smallest absolute Gasteiger partial charge is 0.0203 e. The molecule has 0 spiro atoms. The van der Waals surface area contributed by atoms with Crippen molar-refractivity contribution in [3.8, 4) is 0 Å². The number of benzene rings is 1. The van der Waals surface area contributed by atoms with Crippen molar-refractivity contribution >= 4 is 0 Å². The van der Waals surface area contributed by atoms with Crippen molar-refractivity contribution in [2.24, 2.45) is 0 Å². The van der Waals surface area contributed by atoms with Gasteiger partial charge in [0.15, 0.2) is 0 Å². The van der Waals surface area contributed by atoms with E-state index in [9.17, 15) is 0 Å². The zero-order chi connectivity index (χ0) is 7.90. The highest BCUT2D eigenvalue weighted by atomic mass is 14.5. The van der Waals surface area contributed by atoms with Gasteiger partial charge in [0.1, 0.15) is 0 Å². The quantitative estimate of drug-likeness (QED) is 0.713. The fraction of sp³-hybridized carbons (Fsp3) is 0.455. The van der Waals surface area contributed by atoms with Crippen LogP contribution < -0.4 is 6.15 Å². The molecule has 66 valence electrons. The molecule has 1 heteroatoms. The number of hydrogen-bond donors (Lipinski definition) is 1. The second kappa shape index (κ2) is 2.91. The molecule has 0 bridgehead atoms. The number of hydrogen-bond acceptors (Lipinski definition) is 1. The normalized spacial score (nSPS) is 16.2. The van der Waals surface area contributed by atoms with Crippen LogP contribution in [0.25, 0.3) is 0 Å². The maximum Gasteiger partial charge on any atom is 0.0203 e. The van der Waals surface area contributed by atoms with E-state index in [2.05, 4.69) is 38.1 Å². The lowest BCUT2D eigenvalue weighted by molar-refractivity contribution is 0.580. The van der Waals surface area contributed by atoms with Crippen molar-refractivity contribution < 1.29 is 0 Å². The summed E-state index contributed by atoms with van der Waals surface area (Å²) in [5.74, 6) is 0. The van der Waals surface area contributed by atoms with Crippen LogP contribution in [-0.2, 0) is 5.41 Å². The molecule has 12 heavy (non-hydrogen) atoms. The largest absolute Gasteiger partial charge is 0.344 e. The highest BCUT2D eigenvalue weighted by molar-refractivity contribution is 5.59. The van der Waals surface area contributed by atoms with Gasteiger partial charge in [0.25, 0.3) is 0 Å². The molecule has 0 unspecified atom stereocenters. The Balaban J connectivity index is 0.000000720. The highest BCUT2D eigenvalue weighted by Gasteiger charge is 2.46. The van der Waals surface area contributed by atoms with Crippen LogP contribution in [0.1, 0.15) is 37.8 Å². The van der Waals surface area contributed by atoms with E-state index in [4.69, 9.17) is 0 Å². The Morgan fingerprint density at radius 2 is 1.42 bits per heavy atom. The maximum absolute atomic E-state index is 2.28. The Kier molecular flexibility index (Phi) is 2.25. The first-order chi connectivity index (χ1) is 5.35. The zero-order valence-corrected chi connectivity index (χ0v) is 7.93. The first kappa shape index (κ1) is 9.27. The van der Waals surface area contributed by atoms with Gasteiger partial charge in [0.05, 0.1) is 0 Å². The van der Waals surface area contributed by atoms with Crippen molar-refractivity contribution in [1.82, 2.24) is 6.15 Å². The molecule has 0 amide bonds. The molecule has 0 aliphatic heterocycles. The van der Waals surface area contributed by atoms with E-state index >= 15 is 0 Å². The molecule has 1 aliphatic carbocycles. The topological polar surface area (TPSA) is 35.0 Å². The summed E-state index contributed by atoms with van der Waals surface area (Å²) in [5.41, 5.74) is 3.67. The number of fused-ring (bicyclic) bond motifs is 1. The summed E-state index contributed by atoms with van der Waals surface area (Å²) in [5, 5.41) is 0. The molecule has 0 saturated heterocycles. The van der Waals surface area contributed by atoms with Crippen LogP contribution in [0.5, 0.6) is 0 Å². The summed E-state index contributed by atoms with van der Waals surface area (Å²) in [6.45, 7) is 4.56. The SMILES string of the molecule is CCC1(CC)c2ccccc21.N. The second-order valence-corrected chi connectivity index (χ2v) is 3.33. The summed E-state index contributed by atoms with van der Waals surface area (Å²) < 4.78 is 0. The predicted octanol–water partition coefficient (Wildman–Crippen LogP) is 3.27. The molecule has 0 radical (unpaired) electrons. The molecule has 0 fully saturated rings. The van der Waals surface area contributed by atoms with Crippen molar-refractivity contribution in [3.63, 3.8) is 0 Å². The van der Waals surface area contributed by atoms with E-state index in [1.807, 2.05) is 0 Å². The Hall–Kier alpha value is -0.820. The minimum absolute atomic E-state index is 0. The van der Waals surface area contributed by atoms with Crippen LogP contribution >= 0.6 is 0 Å². The Morgan fingerprint density at radius 3 is 1.75 bits per heavy atom. The molecule has 1 nitrogen and oxygen atoms in total. The molecule has 0 saturated carbocycles. The third kappa shape index (κ3) is 0.896. The third-order valence-corrected chi connectivity index (χ3v) is 3.10. The van der Waals surface area contributed by atoms with Crippen LogP contribution in [-0.4, -0.2) is 0 Å². The summed E-state index contributed by atoms with van der Waals surface area (Å²) in [6, 6.07) is 8.82. The molecule has 0 atom stereocenters. The molecule has 1 aromatic rings. The first-order valence-corrected chi connectivity index (χ1v) is 4.45. The minimum atomic E-state index is 0. The fourth-order valence-electron chi connectivity index (χ4n) is 2.22. The molecule has 1 aliphatic rings. The van der Waals surface area contributed by atoms with Crippen molar-refractivity contribution in [3.05, 3.63) is 35.4 Å². The van der Waals surface area contributed by atoms with Gasteiger partial charge >= 0.3 is 0 Å². The molecular formula is C11H17N. The first-order valence-electron chi connectivity index (χ1n) is 4.45. The summed E-state index contributed by atoms with van der Waals surface area (Å²) >= 11 is 0. The number of rotatable bonds is 2. The summed E-state index contributed by atoms with van der Waals surface area (Å²) in [4.78, 5) is 0. The predicted molar refractivity (Wildman–Crippen MR) is 52.8 cm³/mol. The van der Waals surface area contributed by atoms with Crippen LogP contribution in [0.3, 0.4) is 0 Å².